The Morgan fingerprint density at radius 3 is 2.29 bits per heavy atom. The van der Waals surface area contributed by atoms with Crippen molar-refractivity contribution < 1.29 is 13.2 Å². The average molecular weight is 444 g/mol. The van der Waals surface area contributed by atoms with Gasteiger partial charge in [-0.2, -0.15) is 0 Å². The predicted octanol–water partition coefficient (Wildman–Crippen LogP) is 3.37. The fourth-order valence-electron chi connectivity index (χ4n) is 4.04. The van der Waals surface area contributed by atoms with Gasteiger partial charge in [-0.05, 0) is 75.0 Å². The minimum absolute atomic E-state index is 0.326. The van der Waals surface area contributed by atoms with Crippen molar-refractivity contribution in [2.24, 2.45) is 0 Å². The fraction of sp³-hybridized carbons (Fsp3) is 0.458. The minimum Gasteiger partial charge on any atom is -0.350 e. The molecule has 31 heavy (non-hydrogen) atoms. The van der Waals surface area contributed by atoms with Crippen molar-refractivity contribution in [1.82, 2.24) is 10.2 Å². The van der Waals surface area contributed by atoms with E-state index < -0.39 is 16.1 Å². The van der Waals surface area contributed by atoms with Gasteiger partial charge in [-0.25, -0.2) is 8.42 Å². The van der Waals surface area contributed by atoms with Crippen molar-refractivity contribution in [3.63, 3.8) is 0 Å². The molecule has 1 aliphatic heterocycles. The molecular formula is C24H33N3O3S. The monoisotopic (exact) mass is 443 g/mol. The first-order chi connectivity index (χ1) is 14.6. The first-order valence-corrected chi connectivity index (χ1v) is 12.6. The van der Waals surface area contributed by atoms with Crippen molar-refractivity contribution in [3.05, 3.63) is 64.7 Å². The van der Waals surface area contributed by atoms with Gasteiger partial charge >= 0.3 is 0 Å². The minimum atomic E-state index is -3.63. The molecule has 0 spiro atoms. The van der Waals surface area contributed by atoms with Crippen LogP contribution in [0.5, 0.6) is 0 Å². The summed E-state index contributed by atoms with van der Waals surface area (Å²) < 4.78 is 26.3. The van der Waals surface area contributed by atoms with E-state index >= 15 is 0 Å². The first kappa shape index (κ1) is 23.3. The van der Waals surface area contributed by atoms with Crippen molar-refractivity contribution in [3.8, 4) is 0 Å². The number of sulfonamides is 1. The molecular weight excluding hydrogens is 410 g/mol. The number of hydrogen-bond donors (Lipinski definition) is 1. The van der Waals surface area contributed by atoms with E-state index in [1.165, 1.54) is 22.7 Å². The summed E-state index contributed by atoms with van der Waals surface area (Å²) >= 11 is 0. The van der Waals surface area contributed by atoms with Gasteiger partial charge in [0.25, 0.3) is 0 Å². The average Bonchev–Trinajstić information content (AvgIpc) is 3.22. The van der Waals surface area contributed by atoms with E-state index in [1.54, 1.807) is 13.0 Å². The summed E-state index contributed by atoms with van der Waals surface area (Å²) in [7, 11) is -3.63. The van der Waals surface area contributed by atoms with Gasteiger partial charge in [-0.3, -0.25) is 14.0 Å². The van der Waals surface area contributed by atoms with Crippen LogP contribution < -0.4 is 9.62 Å². The lowest BCUT2D eigenvalue weighted by Crippen LogP contribution is -2.48. The molecule has 0 bridgehead atoms. The van der Waals surface area contributed by atoms with Gasteiger partial charge in [-0.1, -0.05) is 36.4 Å². The highest BCUT2D eigenvalue weighted by atomic mass is 32.2. The number of hydrogen-bond acceptors (Lipinski definition) is 4. The van der Waals surface area contributed by atoms with Gasteiger partial charge in [0.15, 0.2) is 0 Å². The third-order valence-electron chi connectivity index (χ3n) is 5.79. The normalized spacial score (nSPS) is 15.6. The Balaban J connectivity index is 1.66. The number of rotatable bonds is 8. The third kappa shape index (κ3) is 6.08. The number of benzene rings is 2. The first-order valence-electron chi connectivity index (χ1n) is 10.8. The summed E-state index contributed by atoms with van der Waals surface area (Å²) in [6, 6.07) is 13.0. The van der Waals surface area contributed by atoms with Crippen molar-refractivity contribution in [1.29, 1.82) is 0 Å². The molecule has 1 N–H and O–H groups in total. The molecule has 3 rings (SSSR count). The van der Waals surface area contributed by atoms with E-state index in [4.69, 9.17) is 0 Å². The lowest BCUT2D eigenvalue weighted by Gasteiger charge is -2.29. The summed E-state index contributed by atoms with van der Waals surface area (Å²) in [6.07, 6.45) is 3.68. The zero-order valence-electron chi connectivity index (χ0n) is 18.9. The second-order valence-electron chi connectivity index (χ2n) is 8.54. The molecule has 0 radical (unpaired) electrons. The summed E-state index contributed by atoms with van der Waals surface area (Å²) in [6.45, 7) is 9.01. The maximum Gasteiger partial charge on any atom is 0.243 e. The van der Waals surface area contributed by atoms with Crippen LogP contribution in [0.3, 0.4) is 0 Å². The fourth-order valence-corrected chi connectivity index (χ4v) is 5.26. The highest BCUT2D eigenvalue weighted by molar-refractivity contribution is 7.92. The molecule has 6 nitrogen and oxygen atoms in total. The maximum absolute atomic E-state index is 12.8. The highest BCUT2D eigenvalue weighted by Crippen LogP contribution is 2.26. The molecule has 168 valence electrons. The van der Waals surface area contributed by atoms with Crippen LogP contribution in [-0.2, 0) is 27.9 Å². The Labute approximate surface area is 186 Å². The molecule has 0 aliphatic carbocycles. The SMILES string of the molecule is Cc1ccc(C)c(N(C(C)C(=O)NCc2ccc(CN3CCCC3)cc2)S(C)(=O)=O)c1. The standard InChI is InChI=1S/C24H33N3O3S/c1-18-7-8-19(2)23(15-18)27(31(4,29)30)20(3)24(28)25-16-21-9-11-22(12-10-21)17-26-13-5-6-14-26/h7-12,15,20H,5-6,13-14,16-17H2,1-4H3,(H,25,28). The molecule has 7 heteroatoms. The number of nitrogens with zero attached hydrogens (tertiary/aromatic N) is 2. The number of amides is 1. The zero-order chi connectivity index (χ0) is 22.6. The van der Waals surface area contributed by atoms with Gasteiger partial charge in [-0.15, -0.1) is 0 Å². The van der Waals surface area contributed by atoms with Crippen molar-refractivity contribution in [2.75, 3.05) is 23.7 Å². The van der Waals surface area contributed by atoms with Gasteiger partial charge in [0, 0.05) is 13.1 Å². The summed E-state index contributed by atoms with van der Waals surface area (Å²) in [5, 5.41) is 2.89. The zero-order valence-corrected chi connectivity index (χ0v) is 19.7. The van der Waals surface area contributed by atoms with Crippen molar-refractivity contribution >= 4 is 21.6 Å². The van der Waals surface area contributed by atoms with Crippen LogP contribution in [0.25, 0.3) is 0 Å². The van der Waals surface area contributed by atoms with Crippen LogP contribution in [0.2, 0.25) is 0 Å². The van der Waals surface area contributed by atoms with Crippen LogP contribution in [0.15, 0.2) is 42.5 Å². The Bertz CT molecular complexity index is 1010. The Hall–Kier alpha value is -2.38. The van der Waals surface area contributed by atoms with E-state index in [0.29, 0.717) is 12.2 Å². The lowest BCUT2D eigenvalue weighted by atomic mass is 10.1. The summed E-state index contributed by atoms with van der Waals surface area (Å²) in [5.41, 5.74) is 4.54. The number of likely N-dealkylation sites (tertiary alicyclic amines) is 1. The van der Waals surface area contributed by atoms with E-state index in [2.05, 4.69) is 22.3 Å². The predicted molar refractivity (Wildman–Crippen MR) is 126 cm³/mol. The molecule has 2 aromatic carbocycles. The van der Waals surface area contributed by atoms with Gasteiger partial charge in [0.2, 0.25) is 15.9 Å². The van der Waals surface area contributed by atoms with E-state index in [-0.39, 0.29) is 5.91 Å². The van der Waals surface area contributed by atoms with Crippen LogP contribution in [0, 0.1) is 13.8 Å². The Kier molecular flexibility index (Phi) is 7.38. The van der Waals surface area contributed by atoms with E-state index in [9.17, 15) is 13.2 Å². The smallest absolute Gasteiger partial charge is 0.243 e. The Morgan fingerprint density at radius 1 is 1.06 bits per heavy atom. The van der Waals surface area contributed by atoms with Gasteiger partial charge in [0.1, 0.15) is 6.04 Å². The molecule has 1 atom stereocenters. The summed E-state index contributed by atoms with van der Waals surface area (Å²) in [4.78, 5) is 15.3. The second kappa shape index (κ2) is 9.83. The molecule has 1 fully saturated rings. The number of nitrogens with one attached hydrogen (secondary N) is 1. The van der Waals surface area contributed by atoms with Crippen LogP contribution in [0.1, 0.15) is 42.0 Å². The Morgan fingerprint density at radius 2 is 1.68 bits per heavy atom. The highest BCUT2D eigenvalue weighted by Gasteiger charge is 2.30. The number of anilines is 1. The largest absolute Gasteiger partial charge is 0.350 e. The molecule has 0 saturated carbocycles. The van der Waals surface area contributed by atoms with Crippen LogP contribution in [-0.4, -0.2) is 44.6 Å². The van der Waals surface area contributed by atoms with E-state index in [1.807, 2.05) is 38.1 Å². The molecule has 1 unspecified atom stereocenters. The van der Waals surface area contributed by atoms with Gasteiger partial charge < -0.3 is 5.32 Å². The molecule has 1 amide bonds. The topological polar surface area (TPSA) is 69.7 Å². The van der Waals surface area contributed by atoms with Crippen LogP contribution >= 0.6 is 0 Å². The second-order valence-corrected chi connectivity index (χ2v) is 10.4. The number of aryl methyl sites for hydroxylation is 2. The van der Waals surface area contributed by atoms with E-state index in [0.717, 1.165) is 42.6 Å². The number of carbonyl (C=O) groups excluding carboxylic acids is 1. The quantitative estimate of drug-likeness (QED) is 0.679. The van der Waals surface area contributed by atoms with Crippen molar-refractivity contribution in [2.45, 2.75) is 52.7 Å². The van der Waals surface area contributed by atoms with Gasteiger partial charge in [0.05, 0.1) is 11.9 Å². The van der Waals surface area contributed by atoms with Crippen LogP contribution in [0.4, 0.5) is 5.69 Å². The third-order valence-corrected chi connectivity index (χ3v) is 7.01. The molecule has 1 saturated heterocycles. The maximum atomic E-state index is 12.8. The molecule has 1 aliphatic rings. The summed E-state index contributed by atoms with van der Waals surface area (Å²) in [5.74, 6) is -0.326. The molecule has 0 aromatic heterocycles. The number of carbonyl (C=O) groups is 1. The molecule has 1 heterocycles. The molecule has 2 aromatic rings. The lowest BCUT2D eigenvalue weighted by molar-refractivity contribution is -0.122.